The third-order valence-corrected chi connectivity index (χ3v) is 4.18. The van der Waals surface area contributed by atoms with Crippen molar-refractivity contribution in [2.45, 2.75) is 63.6 Å². The summed E-state index contributed by atoms with van der Waals surface area (Å²) >= 11 is 0. The molecule has 17 heavy (non-hydrogen) atoms. The van der Waals surface area contributed by atoms with Crippen molar-refractivity contribution in [3.05, 3.63) is 0 Å². The average molecular weight is 241 g/mol. The highest BCUT2D eigenvalue weighted by Gasteiger charge is 2.44. The van der Waals surface area contributed by atoms with E-state index >= 15 is 0 Å². The van der Waals surface area contributed by atoms with Gasteiger partial charge in [0, 0.05) is 18.7 Å². The maximum atomic E-state index is 10.9. The molecule has 2 fully saturated rings. The van der Waals surface area contributed by atoms with Gasteiger partial charge in [0.15, 0.2) is 0 Å². The fourth-order valence-electron chi connectivity index (χ4n) is 3.09. The van der Waals surface area contributed by atoms with E-state index in [1.165, 1.54) is 6.42 Å². The smallest absolute Gasteiger partial charge is 0.317 e. The van der Waals surface area contributed by atoms with Gasteiger partial charge in [-0.05, 0) is 46.0 Å². The number of hydrogen-bond acceptors (Lipinski definition) is 3. The lowest BCUT2D eigenvalue weighted by atomic mass is 9.73. The van der Waals surface area contributed by atoms with Crippen molar-refractivity contribution in [1.82, 2.24) is 4.90 Å². The monoisotopic (exact) mass is 241 g/mol. The van der Waals surface area contributed by atoms with Crippen LogP contribution in [0.3, 0.4) is 0 Å². The third kappa shape index (κ3) is 2.80. The van der Waals surface area contributed by atoms with Crippen molar-refractivity contribution in [3.63, 3.8) is 0 Å². The first-order valence-electron chi connectivity index (χ1n) is 6.64. The summed E-state index contributed by atoms with van der Waals surface area (Å²) in [6.07, 6.45) is 5.55. The van der Waals surface area contributed by atoms with Gasteiger partial charge in [0.1, 0.15) is 0 Å². The maximum absolute atomic E-state index is 10.9. The Kier molecular flexibility index (Phi) is 3.73. The van der Waals surface area contributed by atoms with Gasteiger partial charge < -0.3 is 9.84 Å². The second-order valence-electron chi connectivity index (χ2n) is 5.69. The van der Waals surface area contributed by atoms with Gasteiger partial charge in [-0.15, -0.1) is 0 Å². The minimum atomic E-state index is -0.729. The first-order chi connectivity index (χ1) is 8.02. The van der Waals surface area contributed by atoms with Crippen LogP contribution in [0.15, 0.2) is 0 Å². The van der Waals surface area contributed by atoms with Crippen molar-refractivity contribution >= 4 is 5.97 Å². The van der Waals surface area contributed by atoms with Gasteiger partial charge >= 0.3 is 5.97 Å². The van der Waals surface area contributed by atoms with Crippen molar-refractivity contribution in [2.75, 3.05) is 13.2 Å². The van der Waals surface area contributed by atoms with E-state index in [1.807, 2.05) is 0 Å². The van der Waals surface area contributed by atoms with Crippen LogP contribution >= 0.6 is 0 Å². The molecule has 0 amide bonds. The molecule has 0 aromatic rings. The molecule has 0 radical (unpaired) electrons. The fraction of sp³-hybridized carbons (Fsp3) is 0.923. The molecule has 4 heteroatoms. The second kappa shape index (κ2) is 4.94. The van der Waals surface area contributed by atoms with Crippen LogP contribution in [-0.4, -0.2) is 46.8 Å². The Labute approximate surface area is 103 Å². The lowest BCUT2D eigenvalue weighted by Gasteiger charge is -2.50. The van der Waals surface area contributed by atoms with Crippen molar-refractivity contribution in [3.8, 4) is 0 Å². The predicted molar refractivity (Wildman–Crippen MR) is 65.0 cm³/mol. The highest BCUT2D eigenvalue weighted by molar-refractivity contribution is 5.69. The number of nitrogens with zero attached hydrogens (tertiary/aromatic N) is 1. The minimum absolute atomic E-state index is 0.0918. The Morgan fingerprint density at radius 1 is 1.53 bits per heavy atom. The van der Waals surface area contributed by atoms with E-state index in [9.17, 15) is 4.79 Å². The predicted octanol–water partition coefficient (Wildman–Crippen LogP) is 1.88. The SMILES string of the molecule is CC(C)N(CC(=O)O)C1CCOC2(CCC2)C1. The summed E-state index contributed by atoms with van der Waals surface area (Å²) in [7, 11) is 0. The number of ether oxygens (including phenoxy) is 1. The molecular formula is C13H23NO3. The lowest BCUT2D eigenvalue weighted by Crippen LogP contribution is -2.54. The summed E-state index contributed by atoms with van der Waals surface area (Å²) < 4.78 is 5.89. The number of hydrogen-bond donors (Lipinski definition) is 1. The molecule has 1 atom stereocenters. The van der Waals surface area contributed by atoms with E-state index in [1.54, 1.807) is 0 Å². The molecule has 2 rings (SSSR count). The molecule has 1 heterocycles. The summed E-state index contributed by atoms with van der Waals surface area (Å²) in [4.78, 5) is 13.0. The first kappa shape index (κ1) is 12.8. The third-order valence-electron chi connectivity index (χ3n) is 4.18. The fourth-order valence-corrected chi connectivity index (χ4v) is 3.09. The van der Waals surface area contributed by atoms with Crippen LogP contribution in [-0.2, 0) is 9.53 Å². The van der Waals surface area contributed by atoms with Gasteiger partial charge in [0.2, 0.25) is 0 Å². The van der Waals surface area contributed by atoms with Gasteiger partial charge in [-0.2, -0.15) is 0 Å². The Balaban J connectivity index is 2.00. The molecule has 4 nitrogen and oxygen atoms in total. The number of carboxylic acid groups (broad SMARTS) is 1. The average Bonchev–Trinajstić information content (AvgIpc) is 2.23. The molecule has 0 bridgehead atoms. The maximum Gasteiger partial charge on any atom is 0.317 e. The standard InChI is InChI=1S/C13H23NO3/c1-10(2)14(9-12(15)16)11-4-7-17-13(8-11)5-3-6-13/h10-11H,3-9H2,1-2H3,(H,15,16). The number of carbonyl (C=O) groups is 1. The normalized spacial score (nSPS) is 27.4. The van der Waals surface area contributed by atoms with E-state index in [-0.39, 0.29) is 18.2 Å². The highest BCUT2D eigenvalue weighted by Crippen LogP contribution is 2.43. The largest absolute Gasteiger partial charge is 0.480 e. The van der Waals surface area contributed by atoms with Crippen molar-refractivity contribution in [1.29, 1.82) is 0 Å². The summed E-state index contributed by atoms with van der Waals surface area (Å²) in [5.74, 6) is -0.729. The topological polar surface area (TPSA) is 49.8 Å². The first-order valence-corrected chi connectivity index (χ1v) is 6.64. The molecule has 98 valence electrons. The molecule has 1 N–H and O–H groups in total. The van der Waals surface area contributed by atoms with E-state index < -0.39 is 5.97 Å². The van der Waals surface area contributed by atoms with E-state index in [2.05, 4.69) is 18.7 Å². The van der Waals surface area contributed by atoms with Gasteiger partial charge in [-0.25, -0.2) is 0 Å². The highest BCUT2D eigenvalue weighted by atomic mass is 16.5. The second-order valence-corrected chi connectivity index (χ2v) is 5.69. The van der Waals surface area contributed by atoms with Crippen LogP contribution in [0.5, 0.6) is 0 Å². The summed E-state index contributed by atoms with van der Waals surface area (Å²) in [5.41, 5.74) is 0.0918. The zero-order valence-corrected chi connectivity index (χ0v) is 10.8. The van der Waals surface area contributed by atoms with Crippen LogP contribution in [0.4, 0.5) is 0 Å². The van der Waals surface area contributed by atoms with Crippen LogP contribution in [0.1, 0.15) is 46.0 Å². The van der Waals surface area contributed by atoms with E-state index in [0.29, 0.717) is 6.04 Å². The number of rotatable bonds is 4. The van der Waals surface area contributed by atoms with Crippen LogP contribution < -0.4 is 0 Å². The van der Waals surface area contributed by atoms with Gasteiger partial charge in [0.25, 0.3) is 0 Å². The minimum Gasteiger partial charge on any atom is -0.480 e. The Morgan fingerprint density at radius 3 is 2.71 bits per heavy atom. The molecule has 0 aromatic carbocycles. The van der Waals surface area contributed by atoms with Crippen LogP contribution in [0.2, 0.25) is 0 Å². The lowest BCUT2D eigenvalue weighted by molar-refractivity contribution is -0.157. The molecule has 1 unspecified atom stereocenters. The summed E-state index contributed by atoms with van der Waals surface area (Å²) in [5, 5.41) is 8.99. The van der Waals surface area contributed by atoms with E-state index in [4.69, 9.17) is 9.84 Å². The molecule has 1 saturated carbocycles. The summed E-state index contributed by atoms with van der Waals surface area (Å²) in [6.45, 7) is 5.09. The van der Waals surface area contributed by atoms with Gasteiger partial charge in [-0.3, -0.25) is 9.69 Å². The van der Waals surface area contributed by atoms with Crippen molar-refractivity contribution in [2.24, 2.45) is 0 Å². The zero-order chi connectivity index (χ0) is 12.5. The van der Waals surface area contributed by atoms with E-state index in [0.717, 1.165) is 32.3 Å². The Bertz CT molecular complexity index is 286. The Hall–Kier alpha value is -0.610. The van der Waals surface area contributed by atoms with Crippen LogP contribution in [0, 0.1) is 0 Å². The molecule has 1 spiro atoms. The molecule has 1 aliphatic carbocycles. The number of carboxylic acids is 1. The zero-order valence-electron chi connectivity index (χ0n) is 10.8. The molecule has 0 aromatic heterocycles. The molecule has 2 aliphatic rings. The molecule has 1 aliphatic heterocycles. The molecule has 1 saturated heterocycles. The molecular weight excluding hydrogens is 218 g/mol. The Morgan fingerprint density at radius 2 is 2.24 bits per heavy atom. The quantitative estimate of drug-likeness (QED) is 0.816. The number of aliphatic carboxylic acids is 1. The van der Waals surface area contributed by atoms with Crippen molar-refractivity contribution < 1.29 is 14.6 Å². The van der Waals surface area contributed by atoms with Crippen LogP contribution in [0.25, 0.3) is 0 Å². The summed E-state index contributed by atoms with van der Waals surface area (Å²) in [6, 6.07) is 0.659. The van der Waals surface area contributed by atoms with Gasteiger partial charge in [0.05, 0.1) is 12.1 Å². The van der Waals surface area contributed by atoms with Gasteiger partial charge in [-0.1, -0.05) is 0 Å².